The number of rotatable bonds is 4. The second kappa shape index (κ2) is 4.65. The lowest BCUT2D eigenvalue weighted by Crippen LogP contribution is -2.32. The van der Waals surface area contributed by atoms with E-state index in [2.05, 4.69) is 4.98 Å². The van der Waals surface area contributed by atoms with Gasteiger partial charge in [-0.3, -0.25) is 0 Å². The van der Waals surface area contributed by atoms with Crippen LogP contribution in [0.25, 0.3) is 0 Å². The topological polar surface area (TPSA) is 76.3 Å². The SMILES string of the molecule is CN(CCN)S(=O)(=O)c1ncccc1F. The van der Waals surface area contributed by atoms with E-state index in [1.165, 1.54) is 19.3 Å². The van der Waals surface area contributed by atoms with Gasteiger partial charge in [0.15, 0.2) is 5.82 Å². The Morgan fingerprint density at radius 3 is 2.80 bits per heavy atom. The quantitative estimate of drug-likeness (QED) is 0.781. The molecule has 0 aliphatic heterocycles. The van der Waals surface area contributed by atoms with E-state index in [0.29, 0.717) is 0 Å². The molecule has 0 aromatic carbocycles. The highest BCUT2D eigenvalue weighted by atomic mass is 32.2. The Labute approximate surface area is 87.8 Å². The molecule has 0 spiro atoms. The summed E-state index contributed by atoms with van der Waals surface area (Å²) in [6.07, 6.45) is 1.23. The molecule has 1 aromatic rings. The van der Waals surface area contributed by atoms with Crippen LogP contribution in [0.5, 0.6) is 0 Å². The summed E-state index contributed by atoms with van der Waals surface area (Å²) in [7, 11) is -2.53. The van der Waals surface area contributed by atoms with Crippen molar-refractivity contribution in [1.82, 2.24) is 9.29 Å². The van der Waals surface area contributed by atoms with Crippen LogP contribution in [0, 0.1) is 5.82 Å². The summed E-state index contributed by atoms with van der Waals surface area (Å²) in [6, 6.07) is 2.38. The molecule has 1 rings (SSSR count). The van der Waals surface area contributed by atoms with E-state index in [1.54, 1.807) is 0 Å². The van der Waals surface area contributed by atoms with Crippen molar-refractivity contribution in [1.29, 1.82) is 0 Å². The number of nitrogens with two attached hydrogens (primary N) is 1. The molecular formula is C8H12FN3O2S. The molecule has 0 atom stereocenters. The minimum atomic E-state index is -3.86. The summed E-state index contributed by atoms with van der Waals surface area (Å²) >= 11 is 0. The standard InChI is InChI=1S/C8H12FN3O2S/c1-12(6-4-10)15(13,14)8-7(9)3-2-5-11-8/h2-3,5H,4,6,10H2,1H3. The van der Waals surface area contributed by atoms with Gasteiger partial charge in [-0.05, 0) is 12.1 Å². The van der Waals surface area contributed by atoms with Crippen LogP contribution in [-0.4, -0.2) is 37.8 Å². The van der Waals surface area contributed by atoms with Crippen LogP contribution in [-0.2, 0) is 10.0 Å². The van der Waals surface area contributed by atoms with Crippen LogP contribution in [0.15, 0.2) is 23.4 Å². The maximum atomic E-state index is 13.2. The number of hydrogen-bond donors (Lipinski definition) is 1. The number of halogens is 1. The van der Waals surface area contributed by atoms with Gasteiger partial charge in [0.05, 0.1) is 0 Å². The highest BCUT2D eigenvalue weighted by Gasteiger charge is 2.24. The van der Waals surface area contributed by atoms with E-state index in [9.17, 15) is 12.8 Å². The lowest BCUT2D eigenvalue weighted by Gasteiger charge is -2.15. The van der Waals surface area contributed by atoms with E-state index in [4.69, 9.17) is 5.73 Å². The Hall–Kier alpha value is -1.05. The summed E-state index contributed by atoms with van der Waals surface area (Å²) < 4.78 is 37.6. The molecule has 0 unspecified atom stereocenters. The molecular weight excluding hydrogens is 221 g/mol. The number of pyridine rings is 1. The second-order valence-electron chi connectivity index (χ2n) is 2.91. The number of nitrogens with zero attached hydrogens (tertiary/aromatic N) is 2. The molecule has 5 nitrogen and oxygen atoms in total. The molecule has 84 valence electrons. The van der Waals surface area contributed by atoms with Crippen LogP contribution in [0.1, 0.15) is 0 Å². The Morgan fingerprint density at radius 2 is 2.27 bits per heavy atom. The predicted octanol–water partition coefficient (Wildman–Crippen LogP) is -0.200. The van der Waals surface area contributed by atoms with Crippen LogP contribution >= 0.6 is 0 Å². The van der Waals surface area contributed by atoms with Crippen LogP contribution in [0.4, 0.5) is 4.39 Å². The third-order valence-electron chi connectivity index (χ3n) is 1.82. The van der Waals surface area contributed by atoms with Gasteiger partial charge in [0, 0.05) is 26.3 Å². The number of likely N-dealkylation sites (N-methyl/N-ethyl adjacent to an activating group) is 1. The van der Waals surface area contributed by atoms with Gasteiger partial charge in [-0.2, -0.15) is 4.31 Å². The highest BCUT2D eigenvalue weighted by molar-refractivity contribution is 7.89. The van der Waals surface area contributed by atoms with Crippen molar-refractivity contribution in [2.24, 2.45) is 5.73 Å². The molecule has 2 N–H and O–H groups in total. The highest BCUT2D eigenvalue weighted by Crippen LogP contribution is 2.14. The smallest absolute Gasteiger partial charge is 0.263 e. The molecule has 1 aromatic heterocycles. The lowest BCUT2D eigenvalue weighted by molar-refractivity contribution is 0.463. The fourth-order valence-electron chi connectivity index (χ4n) is 1.01. The van der Waals surface area contributed by atoms with E-state index in [0.717, 1.165) is 10.4 Å². The van der Waals surface area contributed by atoms with Crippen molar-refractivity contribution in [3.8, 4) is 0 Å². The van der Waals surface area contributed by atoms with Crippen LogP contribution < -0.4 is 5.73 Å². The van der Waals surface area contributed by atoms with E-state index in [-0.39, 0.29) is 13.1 Å². The molecule has 0 amide bonds. The van der Waals surface area contributed by atoms with Crippen molar-refractivity contribution in [3.05, 3.63) is 24.1 Å². The first-order chi connectivity index (χ1) is 7.00. The molecule has 0 radical (unpaired) electrons. The fraction of sp³-hybridized carbons (Fsp3) is 0.375. The first-order valence-electron chi connectivity index (χ1n) is 4.27. The maximum absolute atomic E-state index is 13.2. The van der Waals surface area contributed by atoms with Gasteiger partial charge >= 0.3 is 0 Å². The molecule has 7 heteroatoms. The Balaban J connectivity index is 3.12. The molecule has 0 saturated carbocycles. The normalized spacial score (nSPS) is 12.0. The molecule has 0 aliphatic rings. The molecule has 0 aliphatic carbocycles. The summed E-state index contributed by atoms with van der Waals surface area (Å²) in [5, 5.41) is -0.569. The van der Waals surface area contributed by atoms with Gasteiger partial charge in [-0.15, -0.1) is 0 Å². The van der Waals surface area contributed by atoms with Crippen LogP contribution in [0.2, 0.25) is 0 Å². The maximum Gasteiger partial charge on any atom is 0.263 e. The number of aromatic nitrogens is 1. The molecule has 1 heterocycles. The number of sulfonamides is 1. The van der Waals surface area contributed by atoms with Crippen molar-refractivity contribution >= 4 is 10.0 Å². The first-order valence-corrected chi connectivity index (χ1v) is 5.71. The average molecular weight is 233 g/mol. The van der Waals surface area contributed by atoms with Gasteiger partial charge in [0.1, 0.15) is 0 Å². The monoisotopic (exact) mass is 233 g/mol. The van der Waals surface area contributed by atoms with Gasteiger partial charge in [0.2, 0.25) is 5.03 Å². The van der Waals surface area contributed by atoms with Crippen molar-refractivity contribution < 1.29 is 12.8 Å². The Bertz CT molecular complexity index is 435. The van der Waals surface area contributed by atoms with Gasteiger partial charge in [-0.1, -0.05) is 0 Å². The third kappa shape index (κ3) is 2.49. The van der Waals surface area contributed by atoms with Crippen molar-refractivity contribution in [2.45, 2.75) is 5.03 Å². The third-order valence-corrected chi connectivity index (χ3v) is 3.62. The minimum Gasteiger partial charge on any atom is -0.329 e. The summed E-state index contributed by atoms with van der Waals surface area (Å²) in [5.41, 5.74) is 5.22. The van der Waals surface area contributed by atoms with Crippen molar-refractivity contribution in [2.75, 3.05) is 20.1 Å². The van der Waals surface area contributed by atoms with Crippen LogP contribution in [0.3, 0.4) is 0 Å². The zero-order valence-electron chi connectivity index (χ0n) is 8.22. The predicted molar refractivity (Wildman–Crippen MR) is 53.1 cm³/mol. The van der Waals surface area contributed by atoms with Gasteiger partial charge in [0.25, 0.3) is 10.0 Å². The fourth-order valence-corrected chi connectivity index (χ4v) is 2.16. The summed E-state index contributed by atoms with van der Waals surface area (Å²) in [4.78, 5) is 3.51. The van der Waals surface area contributed by atoms with E-state index < -0.39 is 20.9 Å². The zero-order valence-corrected chi connectivity index (χ0v) is 9.04. The summed E-state index contributed by atoms with van der Waals surface area (Å²) in [6.45, 7) is 0.294. The minimum absolute atomic E-state index is 0.123. The lowest BCUT2D eigenvalue weighted by atomic mass is 10.5. The molecule has 15 heavy (non-hydrogen) atoms. The molecule has 0 saturated heterocycles. The Kier molecular flexibility index (Phi) is 3.72. The number of hydrogen-bond acceptors (Lipinski definition) is 4. The van der Waals surface area contributed by atoms with E-state index in [1.807, 2.05) is 0 Å². The second-order valence-corrected chi connectivity index (χ2v) is 4.87. The van der Waals surface area contributed by atoms with Gasteiger partial charge in [-0.25, -0.2) is 17.8 Å². The largest absolute Gasteiger partial charge is 0.329 e. The molecule has 0 fully saturated rings. The average Bonchev–Trinajstić information content (AvgIpc) is 2.18. The molecule has 0 bridgehead atoms. The van der Waals surface area contributed by atoms with E-state index >= 15 is 0 Å². The van der Waals surface area contributed by atoms with Crippen molar-refractivity contribution in [3.63, 3.8) is 0 Å². The Morgan fingerprint density at radius 1 is 1.60 bits per heavy atom. The zero-order chi connectivity index (χ0) is 11.5. The summed E-state index contributed by atoms with van der Waals surface area (Å²) in [5.74, 6) is -0.860. The van der Waals surface area contributed by atoms with Gasteiger partial charge < -0.3 is 5.73 Å². The first kappa shape index (κ1) is 12.0.